The lowest BCUT2D eigenvalue weighted by molar-refractivity contribution is -0.389. The first-order valence-electron chi connectivity index (χ1n) is 8.28. The fourth-order valence-electron chi connectivity index (χ4n) is 2.91. The molecule has 0 aliphatic rings. The van der Waals surface area contributed by atoms with Crippen LogP contribution in [0.25, 0.3) is 16.7 Å². The predicted molar refractivity (Wildman–Crippen MR) is 104 cm³/mol. The molecule has 2 aromatic heterocycles. The first kappa shape index (κ1) is 16.6. The van der Waals surface area contributed by atoms with Crippen LogP contribution in [-0.4, -0.2) is 21.6 Å². The van der Waals surface area contributed by atoms with Crippen molar-refractivity contribution in [3.63, 3.8) is 0 Å². The zero-order chi connectivity index (χ0) is 18.8. The van der Waals surface area contributed by atoms with Crippen LogP contribution in [0.15, 0.2) is 72.9 Å². The number of methoxy groups -OCH3 is 1. The highest BCUT2D eigenvalue weighted by Crippen LogP contribution is 2.26. The van der Waals surface area contributed by atoms with Crippen molar-refractivity contribution in [3.8, 4) is 11.6 Å². The fraction of sp³-hybridized carbons (Fsp3) is 0.0500. The number of hydrogen-bond donors (Lipinski definition) is 1. The number of pyridine rings is 1. The Morgan fingerprint density at radius 1 is 1.04 bits per heavy atom. The SMILES string of the molecule is COc1ccc(Nc2ccc3c(ccn3-c3cccc([N+](=O)[O-])n3)c2)cc1. The van der Waals surface area contributed by atoms with Crippen LogP contribution in [0.1, 0.15) is 0 Å². The second kappa shape index (κ2) is 6.80. The molecule has 0 atom stereocenters. The van der Waals surface area contributed by atoms with Gasteiger partial charge in [-0.1, -0.05) is 0 Å². The minimum atomic E-state index is -0.494. The Kier molecular flexibility index (Phi) is 4.18. The van der Waals surface area contributed by atoms with Gasteiger partial charge >= 0.3 is 5.82 Å². The van der Waals surface area contributed by atoms with Gasteiger partial charge in [0.05, 0.1) is 12.6 Å². The van der Waals surface area contributed by atoms with Gasteiger partial charge in [0, 0.05) is 35.1 Å². The number of rotatable bonds is 5. The summed E-state index contributed by atoms with van der Waals surface area (Å²) in [5.41, 5.74) is 2.82. The minimum Gasteiger partial charge on any atom is -0.497 e. The summed E-state index contributed by atoms with van der Waals surface area (Å²) in [6.45, 7) is 0. The van der Waals surface area contributed by atoms with E-state index in [4.69, 9.17) is 4.74 Å². The Morgan fingerprint density at radius 2 is 1.81 bits per heavy atom. The number of anilines is 2. The van der Waals surface area contributed by atoms with E-state index in [1.54, 1.807) is 19.2 Å². The highest BCUT2D eigenvalue weighted by molar-refractivity contribution is 5.86. The van der Waals surface area contributed by atoms with Crippen molar-refractivity contribution in [2.45, 2.75) is 0 Å². The molecule has 27 heavy (non-hydrogen) atoms. The van der Waals surface area contributed by atoms with Crippen molar-refractivity contribution in [1.82, 2.24) is 9.55 Å². The van der Waals surface area contributed by atoms with E-state index in [1.807, 2.05) is 59.3 Å². The van der Waals surface area contributed by atoms with Crippen LogP contribution >= 0.6 is 0 Å². The first-order valence-corrected chi connectivity index (χ1v) is 8.28. The van der Waals surface area contributed by atoms with Crippen molar-refractivity contribution in [2.24, 2.45) is 0 Å². The summed E-state index contributed by atoms with van der Waals surface area (Å²) in [6.07, 6.45) is 1.86. The molecule has 0 fully saturated rings. The Balaban J connectivity index is 1.65. The van der Waals surface area contributed by atoms with E-state index in [1.165, 1.54) is 6.07 Å². The molecule has 1 N–H and O–H groups in total. The average Bonchev–Trinajstić information content (AvgIpc) is 3.12. The molecule has 2 aromatic carbocycles. The second-order valence-corrected chi connectivity index (χ2v) is 5.92. The summed E-state index contributed by atoms with van der Waals surface area (Å²) in [5.74, 6) is 1.14. The van der Waals surface area contributed by atoms with Crippen molar-refractivity contribution in [1.29, 1.82) is 0 Å². The summed E-state index contributed by atoms with van der Waals surface area (Å²) >= 11 is 0. The predicted octanol–water partition coefficient (Wildman–Crippen LogP) is 4.69. The van der Waals surface area contributed by atoms with Gasteiger partial charge in [0.15, 0.2) is 0 Å². The molecule has 4 aromatic rings. The van der Waals surface area contributed by atoms with E-state index in [0.717, 1.165) is 28.0 Å². The molecule has 4 rings (SSSR count). The van der Waals surface area contributed by atoms with Crippen molar-refractivity contribution in [2.75, 3.05) is 12.4 Å². The summed E-state index contributed by atoms with van der Waals surface area (Å²) in [4.78, 5) is 14.6. The monoisotopic (exact) mass is 360 g/mol. The minimum absolute atomic E-state index is 0.174. The highest BCUT2D eigenvalue weighted by Gasteiger charge is 2.13. The van der Waals surface area contributed by atoms with Crippen LogP contribution in [0.5, 0.6) is 5.75 Å². The molecule has 0 saturated carbocycles. The van der Waals surface area contributed by atoms with Gasteiger partial charge in [0.1, 0.15) is 5.75 Å². The molecular formula is C20H16N4O3. The van der Waals surface area contributed by atoms with Crippen molar-refractivity contribution >= 4 is 28.1 Å². The van der Waals surface area contributed by atoms with Gasteiger partial charge < -0.3 is 20.2 Å². The van der Waals surface area contributed by atoms with Gasteiger partial charge in [-0.25, -0.2) is 0 Å². The largest absolute Gasteiger partial charge is 0.497 e. The fourth-order valence-corrected chi connectivity index (χ4v) is 2.91. The number of ether oxygens (including phenoxy) is 1. The maximum Gasteiger partial charge on any atom is 0.365 e. The van der Waals surface area contributed by atoms with Crippen LogP contribution < -0.4 is 10.1 Å². The molecule has 7 nitrogen and oxygen atoms in total. The Labute approximate surface area is 155 Å². The molecule has 0 radical (unpaired) electrons. The van der Waals surface area contributed by atoms with Gasteiger partial charge in [-0.05, 0) is 64.5 Å². The normalized spacial score (nSPS) is 10.7. The number of nitro groups is 1. The van der Waals surface area contributed by atoms with E-state index in [2.05, 4.69) is 10.3 Å². The molecule has 134 valence electrons. The third kappa shape index (κ3) is 3.30. The zero-order valence-electron chi connectivity index (χ0n) is 14.5. The number of aromatic nitrogens is 2. The topological polar surface area (TPSA) is 82.2 Å². The van der Waals surface area contributed by atoms with E-state index >= 15 is 0 Å². The lowest BCUT2D eigenvalue weighted by Crippen LogP contribution is -1.99. The van der Waals surface area contributed by atoms with Crippen LogP contribution in [0.3, 0.4) is 0 Å². The Hall–Kier alpha value is -3.87. The average molecular weight is 360 g/mol. The zero-order valence-corrected chi connectivity index (χ0v) is 14.5. The van der Waals surface area contributed by atoms with Crippen LogP contribution in [-0.2, 0) is 0 Å². The Bertz CT molecular complexity index is 1120. The summed E-state index contributed by atoms with van der Waals surface area (Å²) in [5, 5.41) is 15.3. The third-order valence-corrected chi connectivity index (χ3v) is 4.22. The molecule has 0 saturated heterocycles. The van der Waals surface area contributed by atoms with E-state index < -0.39 is 4.92 Å². The number of benzene rings is 2. The number of hydrogen-bond acceptors (Lipinski definition) is 5. The van der Waals surface area contributed by atoms with E-state index in [9.17, 15) is 10.1 Å². The molecular weight excluding hydrogens is 344 g/mol. The quantitative estimate of drug-likeness (QED) is 0.412. The van der Waals surface area contributed by atoms with Gasteiger partial charge in [-0.15, -0.1) is 0 Å². The lowest BCUT2D eigenvalue weighted by atomic mass is 10.2. The van der Waals surface area contributed by atoms with Gasteiger partial charge in [0.25, 0.3) is 5.82 Å². The maximum absolute atomic E-state index is 11.0. The molecule has 0 unspecified atom stereocenters. The van der Waals surface area contributed by atoms with E-state index in [0.29, 0.717) is 5.82 Å². The van der Waals surface area contributed by atoms with Crippen molar-refractivity contribution < 1.29 is 9.66 Å². The molecule has 2 heterocycles. The summed E-state index contributed by atoms with van der Waals surface area (Å²) in [7, 11) is 1.64. The first-order chi connectivity index (χ1) is 13.1. The molecule has 0 amide bonds. The number of fused-ring (bicyclic) bond motifs is 1. The highest BCUT2D eigenvalue weighted by atomic mass is 16.6. The Morgan fingerprint density at radius 3 is 2.56 bits per heavy atom. The summed E-state index contributed by atoms with van der Waals surface area (Å²) in [6, 6.07) is 20.3. The van der Waals surface area contributed by atoms with E-state index in [-0.39, 0.29) is 5.82 Å². The second-order valence-electron chi connectivity index (χ2n) is 5.92. The standard InChI is InChI=1S/C20H16N4O3/c1-27-17-8-5-15(6-9-17)21-16-7-10-18-14(13-16)11-12-23(18)19-3-2-4-20(22-19)24(25)26/h2-13,21H,1H3. The number of nitrogens with one attached hydrogen (secondary N) is 1. The molecule has 0 bridgehead atoms. The maximum atomic E-state index is 11.0. The van der Waals surface area contributed by atoms with Crippen molar-refractivity contribution in [3.05, 3.63) is 83.0 Å². The van der Waals surface area contributed by atoms with Gasteiger partial charge in [-0.2, -0.15) is 0 Å². The van der Waals surface area contributed by atoms with Crippen LogP contribution in [0.2, 0.25) is 0 Å². The van der Waals surface area contributed by atoms with Crippen LogP contribution in [0, 0.1) is 10.1 Å². The molecule has 0 aliphatic carbocycles. The number of nitrogens with zero attached hydrogens (tertiary/aromatic N) is 3. The van der Waals surface area contributed by atoms with Gasteiger partial charge in [-0.3, -0.25) is 4.57 Å². The smallest absolute Gasteiger partial charge is 0.365 e. The van der Waals surface area contributed by atoms with Gasteiger partial charge in [0.2, 0.25) is 0 Å². The lowest BCUT2D eigenvalue weighted by Gasteiger charge is -2.08. The third-order valence-electron chi connectivity index (χ3n) is 4.22. The molecule has 0 aliphatic heterocycles. The summed E-state index contributed by atoms with van der Waals surface area (Å²) < 4.78 is 7.00. The molecule has 7 heteroatoms. The molecule has 0 spiro atoms. The van der Waals surface area contributed by atoms with Crippen LogP contribution in [0.4, 0.5) is 17.2 Å².